The summed E-state index contributed by atoms with van der Waals surface area (Å²) >= 11 is 17.7. The lowest BCUT2D eigenvalue weighted by atomic mass is 10.2. The van der Waals surface area contributed by atoms with Crippen LogP contribution < -0.4 is 0 Å². The number of hydrogen-bond donors (Lipinski definition) is 0. The van der Waals surface area contributed by atoms with Gasteiger partial charge in [-0.25, -0.2) is 13.4 Å². The van der Waals surface area contributed by atoms with Crippen LogP contribution in [0.3, 0.4) is 0 Å². The van der Waals surface area contributed by atoms with Gasteiger partial charge in [-0.1, -0.05) is 46.0 Å². The van der Waals surface area contributed by atoms with Gasteiger partial charge in [-0.2, -0.15) is 0 Å². The van der Waals surface area contributed by atoms with Crippen molar-refractivity contribution in [2.45, 2.75) is 16.5 Å². The Bertz CT molecular complexity index is 1100. The molecule has 0 radical (unpaired) electrons. The molecule has 2 aromatic carbocycles. The second-order valence-electron chi connectivity index (χ2n) is 5.63. The molecule has 5 nitrogen and oxygen atoms in total. The topological polar surface area (TPSA) is 68.6 Å². The molecule has 0 bridgehead atoms. The van der Waals surface area contributed by atoms with Gasteiger partial charge in [0, 0.05) is 32.4 Å². The van der Waals surface area contributed by atoms with Gasteiger partial charge in [0.1, 0.15) is 6.61 Å². The predicted molar refractivity (Wildman–Crippen MR) is 110 cm³/mol. The van der Waals surface area contributed by atoms with Crippen LogP contribution in [0.4, 0.5) is 0 Å². The average molecular weight is 456 g/mol. The number of oxime groups is 1. The molecule has 0 amide bonds. The molecule has 0 saturated carbocycles. The molecular formula is C19H13Cl3N2O3S. The lowest BCUT2D eigenvalue weighted by Gasteiger charge is -2.04. The second kappa shape index (κ2) is 8.92. The van der Waals surface area contributed by atoms with E-state index in [4.69, 9.17) is 39.6 Å². The van der Waals surface area contributed by atoms with E-state index in [0.717, 1.165) is 5.56 Å². The molecule has 0 saturated heterocycles. The van der Waals surface area contributed by atoms with Gasteiger partial charge >= 0.3 is 0 Å². The Morgan fingerprint density at radius 1 is 0.964 bits per heavy atom. The molecule has 0 aliphatic rings. The highest BCUT2D eigenvalue weighted by atomic mass is 35.5. The van der Waals surface area contributed by atoms with Gasteiger partial charge in [-0.05, 0) is 48.5 Å². The number of halogens is 3. The minimum atomic E-state index is -3.71. The zero-order valence-corrected chi connectivity index (χ0v) is 17.3. The minimum absolute atomic E-state index is 0.0687. The maximum atomic E-state index is 12.5. The SMILES string of the molecule is O=S(=O)(c1ccc(Cl)cc1)c1ccc(/C=N\OCc2ccc(Cl)cc2Cl)cn1. The molecule has 3 aromatic rings. The monoisotopic (exact) mass is 454 g/mol. The van der Waals surface area contributed by atoms with Crippen molar-refractivity contribution in [1.82, 2.24) is 4.98 Å². The summed E-state index contributed by atoms with van der Waals surface area (Å²) in [5.74, 6) is 0. The Labute approximate surface area is 177 Å². The summed E-state index contributed by atoms with van der Waals surface area (Å²) in [5.41, 5.74) is 1.32. The number of hydrogen-bond acceptors (Lipinski definition) is 5. The summed E-state index contributed by atoms with van der Waals surface area (Å²) in [5, 5.41) is 5.25. The average Bonchev–Trinajstić information content (AvgIpc) is 2.67. The van der Waals surface area contributed by atoms with Crippen LogP contribution in [0.15, 0.2) is 75.9 Å². The van der Waals surface area contributed by atoms with E-state index in [2.05, 4.69) is 10.1 Å². The van der Waals surface area contributed by atoms with Gasteiger partial charge in [0.25, 0.3) is 0 Å². The number of sulfone groups is 1. The normalized spacial score (nSPS) is 11.7. The quantitative estimate of drug-likeness (QED) is 0.367. The Morgan fingerprint density at radius 2 is 1.68 bits per heavy atom. The Kier molecular flexibility index (Phi) is 6.57. The summed E-state index contributed by atoms with van der Waals surface area (Å²) in [6.45, 7) is 0.170. The standard InChI is InChI=1S/C19H13Cl3N2O3S/c20-15-4-6-17(7-5-15)28(25,26)19-8-1-13(10-23-19)11-24-27-12-14-2-3-16(21)9-18(14)22/h1-11H,12H2/b24-11-. The van der Waals surface area contributed by atoms with Gasteiger partial charge < -0.3 is 4.84 Å². The van der Waals surface area contributed by atoms with Crippen LogP contribution in [0.1, 0.15) is 11.1 Å². The fourth-order valence-corrected chi connectivity index (χ4v) is 3.97. The zero-order valence-electron chi connectivity index (χ0n) is 14.2. The molecule has 0 aliphatic carbocycles. The third-order valence-corrected chi connectivity index (χ3v) is 6.19. The summed E-state index contributed by atoms with van der Waals surface area (Å²) in [6.07, 6.45) is 2.82. The van der Waals surface area contributed by atoms with E-state index >= 15 is 0 Å². The Balaban J connectivity index is 1.65. The van der Waals surface area contributed by atoms with Crippen LogP contribution in [0.25, 0.3) is 0 Å². The lowest BCUT2D eigenvalue weighted by Crippen LogP contribution is -2.04. The molecule has 0 atom stereocenters. The van der Waals surface area contributed by atoms with Gasteiger partial charge in [0.05, 0.1) is 11.1 Å². The predicted octanol–water partition coefficient (Wildman–Crippen LogP) is 5.43. The zero-order chi connectivity index (χ0) is 20.1. The first-order valence-electron chi connectivity index (χ1n) is 7.92. The maximum Gasteiger partial charge on any atom is 0.223 e. The van der Waals surface area contributed by atoms with E-state index in [-0.39, 0.29) is 16.5 Å². The lowest BCUT2D eigenvalue weighted by molar-refractivity contribution is 0.132. The largest absolute Gasteiger partial charge is 0.391 e. The highest BCUT2D eigenvalue weighted by molar-refractivity contribution is 7.91. The molecule has 1 heterocycles. The summed E-state index contributed by atoms with van der Waals surface area (Å²) in [7, 11) is -3.71. The smallest absolute Gasteiger partial charge is 0.223 e. The Hall–Kier alpha value is -2.12. The van der Waals surface area contributed by atoms with Crippen LogP contribution in [0.5, 0.6) is 0 Å². The maximum absolute atomic E-state index is 12.5. The molecule has 9 heteroatoms. The molecule has 0 N–H and O–H groups in total. The summed E-state index contributed by atoms with van der Waals surface area (Å²) in [4.78, 5) is 9.33. The number of nitrogens with zero attached hydrogens (tertiary/aromatic N) is 2. The van der Waals surface area contributed by atoms with Crippen molar-refractivity contribution in [3.8, 4) is 0 Å². The summed E-state index contributed by atoms with van der Waals surface area (Å²) in [6, 6.07) is 14.0. The van der Waals surface area contributed by atoms with Crippen LogP contribution in [-0.4, -0.2) is 19.6 Å². The molecule has 0 aliphatic heterocycles. The van der Waals surface area contributed by atoms with Crippen molar-refractivity contribution in [1.29, 1.82) is 0 Å². The number of rotatable bonds is 6. The first-order chi connectivity index (χ1) is 13.4. The summed E-state index contributed by atoms with van der Waals surface area (Å²) < 4.78 is 25.1. The minimum Gasteiger partial charge on any atom is -0.391 e. The molecule has 0 spiro atoms. The van der Waals surface area contributed by atoms with Crippen molar-refractivity contribution < 1.29 is 13.3 Å². The van der Waals surface area contributed by atoms with Crippen LogP contribution in [-0.2, 0) is 21.3 Å². The third kappa shape index (κ3) is 5.02. The van der Waals surface area contributed by atoms with Crippen molar-refractivity contribution in [2.24, 2.45) is 5.16 Å². The molecule has 1 aromatic heterocycles. The first-order valence-corrected chi connectivity index (χ1v) is 10.5. The highest BCUT2D eigenvalue weighted by Gasteiger charge is 2.18. The van der Waals surface area contributed by atoms with Crippen molar-refractivity contribution in [2.75, 3.05) is 0 Å². The number of benzene rings is 2. The van der Waals surface area contributed by atoms with Crippen molar-refractivity contribution >= 4 is 50.9 Å². The van der Waals surface area contributed by atoms with Gasteiger partial charge in [-0.3, -0.25) is 0 Å². The van der Waals surface area contributed by atoms with Gasteiger partial charge in [0.15, 0.2) is 5.03 Å². The first kappa shape index (κ1) is 20.6. The van der Waals surface area contributed by atoms with Crippen LogP contribution >= 0.6 is 34.8 Å². The van der Waals surface area contributed by atoms with Crippen LogP contribution in [0.2, 0.25) is 15.1 Å². The van der Waals surface area contributed by atoms with Crippen molar-refractivity contribution in [3.63, 3.8) is 0 Å². The number of pyridine rings is 1. The van der Waals surface area contributed by atoms with Crippen molar-refractivity contribution in [3.05, 3.63) is 87.0 Å². The van der Waals surface area contributed by atoms with E-state index in [1.807, 2.05) is 0 Å². The fourth-order valence-electron chi connectivity index (χ4n) is 2.21. The van der Waals surface area contributed by atoms with Gasteiger partial charge in [0.2, 0.25) is 9.84 Å². The van der Waals surface area contributed by atoms with E-state index in [1.165, 1.54) is 42.7 Å². The molecule has 0 unspecified atom stereocenters. The van der Waals surface area contributed by atoms with Crippen LogP contribution in [0, 0.1) is 0 Å². The van der Waals surface area contributed by atoms with Gasteiger partial charge in [-0.15, -0.1) is 0 Å². The molecule has 3 rings (SSSR count). The highest BCUT2D eigenvalue weighted by Crippen LogP contribution is 2.22. The number of aromatic nitrogens is 1. The third-order valence-electron chi connectivity index (χ3n) is 3.67. The molecular weight excluding hydrogens is 443 g/mol. The van der Waals surface area contributed by atoms with E-state index in [1.54, 1.807) is 24.3 Å². The second-order valence-corrected chi connectivity index (χ2v) is 8.81. The Morgan fingerprint density at radius 3 is 2.32 bits per heavy atom. The molecule has 28 heavy (non-hydrogen) atoms. The molecule has 0 fully saturated rings. The van der Waals surface area contributed by atoms with E-state index in [9.17, 15) is 8.42 Å². The fraction of sp³-hybridized carbons (Fsp3) is 0.0526. The van der Waals surface area contributed by atoms with E-state index < -0.39 is 9.84 Å². The van der Waals surface area contributed by atoms with E-state index in [0.29, 0.717) is 20.6 Å². The molecule has 144 valence electrons.